The second-order valence-corrected chi connectivity index (χ2v) is 5.11. The van der Waals surface area contributed by atoms with Gasteiger partial charge in [-0.05, 0) is 38.0 Å². The van der Waals surface area contributed by atoms with Crippen molar-refractivity contribution in [1.29, 1.82) is 0 Å². The standard InChI is InChI=1S/C15H18N4O/c1-11-14(10-16-18-11)15(20)17-12-5-4-6-13(9-12)19-7-2-3-8-19/h4-6,9-10H,2-3,7-8H2,1H3,(H,16,18)(H,17,20). The van der Waals surface area contributed by atoms with Crippen LogP contribution >= 0.6 is 0 Å². The van der Waals surface area contributed by atoms with Gasteiger partial charge in [0.15, 0.2) is 0 Å². The third-order valence-electron chi connectivity index (χ3n) is 3.65. The predicted octanol–water partition coefficient (Wildman–Crippen LogP) is 2.57. The lowest BCUT2D eigenvalue weighted by Crippen LogP contribution is -2.18. The molecule has 2 N–H and O–H groups in total. The predicted molar refractivity (Wildman–Crippen MR) is 79.2 cm³/mol. The zero-order valence-corrected chi connectivity index (χ0v) is 11.5. The van der Waals surface area contributed by atoms with Crippen LogP contribution in [0.5, 0.6) is 0 Å². The van der Waals surface area contributed by atoms with Crippen molar-refractivity contribution in [3.63, 3.8) is 0 Å². The molecule has 104 valence electrons. The van der Waals surface area contributed by atoms with Crippen LogP contribution in [-0.2, 0) is 0 Å². The van der Waals surface area contributed by atoms with Gasteiger partial charge in [-0.15, -0.1) is 0 Å². The summed E-state index contributed by atoms with van der Waals surface area (Å²) in [4.78, 5) is 14.5. The maximum Gasteiger partial charge on any atom is 0.259 e. The quantitative estimate of drug-likeness (QED) is 0.901. The van der Waals surface area contributed by atoms with Crippen molar-refractivity contribution in [3.05, 3.63) is 41.7 Å². The molecule has 1 aromatic carbocycles. The zero-order valence-electron chi connectivity index (χ0n) is 11.5. The van der Waals surface area contributed by atoms with E-state index in [1.54, 1.807) is 6.20 Å². The SMILES string of the molecule is Cc1[nH]ncc1C(=O)Nc1cccc(N2CCCC2)c1. The summed E-state index contributed by atoms with van der Waals surface area (Å²) in [6.45, 7) is 4.03. The summed E-state index contributed by atoms with van der Waals surface area (Å²) >= 11 is 0. The van der Waals surface area contributed by atoms with Crippen LogP contribution in [0.1, 0.15) is 28.9 Å². The highest BCUT2D eigenvalue weighted by Gasteiger charge is 2.14. The third kappa shape index (κ3) is 2.52. The number of hydrogen-bond donors (Lipinski definition) is 2. The molecular formula is C15H18N4O. The van der Waals surface area contributed by atoms with E-state index in [1.807, 2.05) is 25.1 Å². The second kappa shape index (κ2) is 5.36. The lowest BCUT2D eigenvalue weighted by molar-refractivity contribution is 0.102. The Labute approximate surface area is 118 Å². The van der Waals surface area contributed by atoms with Gasteiger partial charge >= 0.3 is 0 Å². The van der Waals surface area contributed by atoms with Crippen molar-refractivity contribution < 1.29 is 4.79 Å². The first-order valence-electron chi connectivity index (χ1n) is 6.90. The molecule has 0 atom stereocenters. The van der Waals surface area contributed by atoms with E-state index >= 15 is 0 Å². The van der Waals surface area contributed by atoms with Gasteiger partial charge in [-0.2, -0.15) is 5.10 Å². The minimum absolute atomic E-state index is 0.130. The van der Waals surface area contributed by atoms with Gasteiger partial charge in [0.2, 0.25) is 0 Å². The molecule has 3 rings (SSSR count). The highest BCUT2D eigenvalue weighted by Crippen LogP contribution is 2.23. The molecule has 2 heterocycles. The van der Waals surface area contributed by atoms with Crippen molar-refractivity contribution in [2.45, 2.75) is 19.8 Å². The zero-order chi connectivity index (χ0) is 13.9. The average molecular weight is 270 g/mol. The Hall–Kier alpha value is -2.30. The largest absolute Gasteiger partial charge is 0.371 e. The van der Waals surface area contributed by atoms with Gasteiger partial charge in [-0.3, -0.25) is 9.89 Å². The molecule has 1 amide bonds. The molecule has 2 aromatic rings. The number of aromatic nitrogens is 2. The van der Waals surface area contributed by atoms with Crippen LogP contribution in [0.2, 0.25) is 0 Å². The molecule has 1 aliphatic rings. The monoisotopic (exact) mass is 270 g/mol. The van der Waals surface area contributed by atoms with Gasteiger partial charge in [0.1, 0.15) is 0 Å². The van der Waals surface area contributed by atoms with Crippen LogP contribution in [0.15, 0.2) is 30.5 Å². The Bertz CT molecular complexity index is 614. The smallest absolute Gasteiger partial charge is 0.259 e. The van der Waals surface area contributed by atoms with Crippen LogP contribution in [0, 0.1) is 6.92 Å². The average Bonchev–Trinajstić information content (AvgIpc) is 3.09. The summed E-state index contributed by atoms with van der Waals surface area (Å²) in [7, 11) is 0. The summed E-state index contributed by atoms with van der Waals surface area (Å²) in [5.74, 6) is -0.130. The Morgan fingerprint density at radius 1 is 1.35 bits per heavy atom. The van der Waals surface area contributed by atoms with E-state index in [2.05, 4.69) is 26.5 Å². The van der Waals surface area contributed by atoms with Crippen molar-refractivity contribution in [1.82, 2.24) is 10.2 Å². The molecule has 5 nitrogen and oxygen atoms in total. The fourth-order valence-corrected chi connectivity index (χ4v) is 2.53. The van der Waals surface area contributed by atoms with Crippen LogP contribution in [-0.4, -0.2) is 29.2 Å². The van der Waals surface area contributed by atoms with Crippen molar-refractivity contribution >= 4 is 17.3 Å². The van der Waals surface area contributed by atoms with E-state index in [0.717, 1.165) is 24.5 Å². The molecule has 1 aliphatic heterocycles. The third-order valence-corrected chi connectivity index (χ3v) is 3.65. The van der Waals surface area contributed by atoms with Crippen molar-refractivity contribution in [2.24, 2.45) is 0 Å². The summed E-state index contributed by atoms with van der Waals surface area (Å²) in [6, 6.07) is 8.00. The molecule has 0 aliphatic carbocycles. The normalized spacial score (nSPS) is 14.6. The molecular weight excluding hydrogens is 252 g/mol. The Balaban J connectivity index is 1.76. The fraction of sp³-hybridized carbons (Fsp3) is 0.333. The number of nitrogens with zero attached hydrogens (tertiary/aromatic N) is 2. The van der Waals surface area contributed by atoms with Crippen molar-refractivity contribution in [2.75, 3.05) is 23.3 Å². The van der Waals surface area contributed by atoms with Gasteiger partial charge in [0.25, 0.3) is 5.91 Å². The number of aryl methyl sites for hydroxylation is 1. The number of carbonyl (C=O) groups is 1. The lowest BCUT2D eigenvalue weighted by atomic mass is 10.2. The molecule has 0 saturated carbocycles. The van der Waals surface area contributed by atoms with E-state index in [9.17, 15) is 4.79 Å². The Morgan fingerprint density at radius 2 is 2.15 bits per heavy atom. The molecule has 0 bridgehead atoms. The summed E-state index contributed by atoms with van der Waals surface area (Å²) in [5, 5.41) is 9.57. The molecule has 20 heavy (non-hydrogen) atoms. The van der Waals surface area contributed by atoms with Crippen LogP contribution in [0.3, 0.4) is 0 Å². The molecule has 0 spiro atoms. The number of H-pyrrole nitrogens is 1. The molecule has 5 heteroatoms. The Kier molecular flexibility index (Phi) is 3.41. The second-order valence-electron chi connectivity index (χ2n) is 5.11. The first-order chi connectivity index (χ1) is 9.74. The van der Waals surface area contributed by atoms with Crippen molar-refractivity contribution in [3.8, 4) is 0 Å². The fourth-order valence-electron chi connectivity index (χ4n) is 2.53. The number of anilines is 2. The first kappa shape index (κ1) is 12.7. The molecule has 1 fully saturated rings. The first-order valence-corrected chi connectivity index (χ1v) is 6.90. The molecule has 0 unspecified atom stereocenters. The minimum Gasteiger partial charge on any atom is -0.371 e. The van der Waals surface area contributed by atoms with Gasteiger partial charge < -0.3 is 10.2 Å². The highest BCUT2D eigenvalue weighted by molar-refractivity contribution is 6.05. The number of aromatic amines is 1. The van der Waals surface area contributed by atoms with Crippen LogP contribution in [0.25, 0.3) is 0 Å². The molecule has 1 saturated heterocycles. The lowest BCUT2D eigenvalue weighted by Gasteiger charge is -2.18. The maximum atomic E-state index is 12.1. The van der Waals surface area contributed by atoms with E-state index in [-0.39, 0.29) is 5.91 Å². The maximum absolute atomic E-state index is 12.1. The minimum atomic E-state index is -0.130. The van der Waals surface area contributed by atoms with E-state index < -0.39 is 0 Å². The number of benzene rings is 1. The van der Waals surface area contributed by atoms with Gasteiger partial charge in [-0.25, -0.2) is 0 Å². The number of hydrogen-bond acceptors (Lipinski definition) is 3. The topological polar surface area (TPSA) is 61.0 Å². The molecule has 1 aromatic heterocycles. The van der Waals surface area contributed by atoms with Gasteiger partial charge in [0.05, 0.1) is 11.8 Å². The van der Waals surface area contributed by atoms with E-state index in [0.29, 0.717) is 5.56 Å². The van der Waals surface area contributed by atoms with Gasteiger partial charge in [0, 0.05) is 30.2 Å². The van der Waals surface area contributed by atoms with Crippen LogP contribution < -0.4 is 10.2 Å². The van der Waals surface area contributed by atoms with Crippen LogP contribution in [0.4, 0.5) is 11.4 Å². The summed E-state index contributed by atoms with van der Waals surface area (Å²) < 4.78 is 0. The molecule has 0 radical (unpaired) electrons. The van der Waals surface area contributed by atoms with E-state index in [1.165, 1.54) is 18.5 Å². The number of rotatable bonds is 3. The summed E-state index contributed by atoms with van der Waals surface area (Å²) in [5.41, 5.74) is 3.35. The Morgan fingerprint density at radius 3 is 2.85 bits per heavy atom. The highest BCUT2D eigenvalue weighted by atomic mass is 16.1. The number of nitrogens with one attached hydrogen (secondary N) is 2. The van der Waals surface area contributed by atoms with Gasteiger partial charge in [-0.1, -0.05) is 6.07 Å². The number of amides is 1. The summed E-state index contributed by atoms with van der Waals surface area (Å²) in [6.07, 6.45) is 4.03. The number of carbonyl (C=O) groups excluding carboxylic acids is 1. The van der Waals surface area contributed by atoms with E-state index in [4.69, 9.17) is 0 Å².